The summed E-state index contributed by atoms with van der Waals surface area (Å²) in [7, 11) is 1.45. The third-order valence-corrected chi connectivity index (χ3v) is 5.46. The average Bonchev–Trinajstić information content (AvgIpc) is 3.18. The molecule has 0 radical (unpaired) electrons. The molecule has 34 heavy (non-hydrogen) atoms. The van der Waals surface area contributed by atoms with Crippen LogP contribution in [0, 0.1) is 0 Å². The van der Waals surface area contributed by atoms with Gasteiger partial charge >= 0.3 is 11.8 Å². The smallest absolute Gasteiger partial charge is 0.328 e. The summed E-state index contributed by atoms with van der Waals surface area (Å²) in [6, 6.07) is 19.8. The molecule has 0 fully saturated rings. The summed E-state index contributed by atoms with van der Waals surface area (Å²) in [4.78, 5) is 38.4. The Morgan fingerprint density at radius 2 is 1.53 bits per heavy atom. The maximum Gasteiger partial charge on any atom is 0.328 e. The van der Waals surface area contributed by atoms with Crippen molar-refractivity contribution < 1.29 is 19.1 Å². The number of fused-ring (bicyclic) bond motifs is 1. The van der Waals surface area contributed by atoms with Gasteiger partial charge in [0.15, 0.2) is 0 Å². The van der Waals surface area contributed by atoms with E-state index in [1.165, 1.54) is 11.8 Å². The first kappa shape index (κ1) is 23.2. The Hall–Kier alpha value is -4.01. The van der Waals surface area contributed by atoms with E-state index in [9.17, 15) is 14.4 Å². The van der Waals surface area contributed by atoms with Crippen LogP contribution in [0.25, 0.3) is 10.9 Å². The molecule has 0 aliphatic carbocycles. The van der Waals surface area contributed by atoms with Gasteiger partial charge in [-0.3, -0.25) is 19.8 Å². The van der Waals surface area contributed by atoms with Crippen LogP contribution in [0.4, 0.5) is 11.4 Å². The summed E-state index contributed by atoms with van der Waals surface area (Å²) in [5.41, 5.74) is 3.73. The van der Waals surface area contributed by atoms with Crippen LogP contribution in [0.3, 0.4) is 0 Å². The molecule has 10 heteroatoms. The van der Waals surface area contributed by atoms with Crippen molar-refractivity contribution in [1.29, 1.82) is 0 Å². The molecule has 0 saturated heterocycles. The molecule has 3 N–H and O–H groups in total. The lowest BCUT2D eigenvalue weighted by Crippen LogP contribution is -2.36. The van der Waals surface area contributed by atoms with Gasteiger partial charge < -0.3 is 15.4 Å². The quantitative estimate of drug-likeness (QED) is 0.341. The number of benzene rings is 3. The number of rotatable bonds is 5. The lowest BCUT2D eigenvalue weighted by atomic mass is 10.2. The second-order valence-corrected chi connectivity index (χ2v) is 7.94. The Balaban J connectivity index is 1.64. The van der Waals surface area contributed by atoms with Gasteiger partial charge in [-0.25, -0.2) is 4.68 Å². The fourth-order valence-electron chi connectivity index (χ4n) is 3.30. The predicted molar refractivity (Wildman–Crippen MR) is 132 cm³/mol. The Bertz CT molecular complexity index is 1420. The van der Waals surface area contributed by atoms with Crippen molar-refractivity contribution in [1.82, 2.24) is 4.68 Å². The van der Waals surface area contributed by atoms with Crippen molar-refractivity contribution >= 4 is 63.2 Å². The number of aromatic nitrogens is 1. The SMILES string of the molecule is COc1ccccc1NC(=O)C(=O)Nn1c(C(=O)Nc2ccccc2Cl)cc2cc(Cl)ccc21. The number of methoxy groups -OCH3 is 1. The summed E-state index contributed by atoms with van der Waals surface area (Å²) < 4.78 is 6.41. The third-order valence-electron chi connectivity index (χ3n) is 4.89. The van der Waals surface area contributed by atoms with E-state index in [2.05, 4.69) is 16.1 Å². The number of halogens is 2. The number of nitrogens with one attached hydrogen (secondary N) is 3. The van der Waals surface area contributed by atoms with Crippen LogP contribution in [0.15, 0.2) is 72.8 Å². The number of carbonyl (C=O) groups excluding carboxylic acids is 3. The molecule has 0 aliphatic rings. The zero-order chi connectivity index (χ0) is 24.2. The van der Waals surface area contributed by atoms with Crippen molar-refractivity contribution in [3.8, 4) is 5.75 Å². The second kappa shape index (κ2) is 9.86. The lowest BCUT2D eigenvalue weighted by molar-refractivity contribution is -0.133. The van der Waals surface area contributed by atoms with Crippen molar-refractivity contribution in [2.24, 2.45) is 0 Å². The number of hydrogen-bond acceptors (Lipinski definition) is 4. The first-order valence-corrected chi connectivity index (χ1v) is 10.7. The zero-order valence-electron chi connectivity index (χ0n) is 17.8. The van der Waals surface area contributed by atoms with Gasteiger partial charge in [0.2, 0.25) is 0 Å². The Kier molecular flexibility index (Phi) is 6.72. The molecule has 8 nitrogen and oxygen atoms in total. The molecule has 4 aromatic rings. The van der Waals surface area contributed by atoms with Gasteiger partial charge in [-0.05, 0) is 48.5 Å². The molecule has 3 aromatic carbocycles. The van der Waals surface area contributed by atoms with Crippen LogP contribution >= 0.6 is 23.2 Å². The Morgan fingerprint density at radius 3 is 2.26 bits per heavy atom. The summed E-state index contributed by atoms with van der Waals surface area (Å²) in [5, 5.41) is 6.59. The molecule has 0 spiro atoms. The molecule has 0 unspecified atom stereocenters. The highest BCUT2D eigenvalue weighted by Crippen LogP contribution is 2.26. The molecule has 0 bridgehead atoms. The molecule has 0 saturated carbocycles. The highest BCUT2D eigenvalue weighted by atomic mass is 35.5. The van der Waals surface area contributed by atoms with Gasteiger partial charge in [0, 0.05) is 10.4 Å². The van der Waals surface area contributed by atoms with E-state index in [1.807, 2.05) is 0 Å². The number of ether oxygens (including phenoxy) is 1. The maximum atomic E-state index is 13.1. The highest BCUT2D eigenvalue weighted by molar-refractivity contribution is 6.42. The minimum atomic E-state index is -0.995. The van der Waals surface area contributed by atoms with Crippen molar-refractivity contribution in [2.45, 2.75) is 0 Å². The van der Waals surface area contributed by atoms with Crippen molar-refractivity contribution in [3.63, 3.8) is 0 Å². The van der Waals surface area contributed by atoms with E-state index in [1.54, 1.807) is 72.8 Å². The molecule has 0 aliphatic heterocycles. The predicted octanol–water partition coefficient (Wildman–Crippen LogP) is 4.92. The molecule has 172 valence electrons. The van der Waals surface area contributed by atoms with E-state index >= 15 is 0 Å². The highest BCUT2D eigenvalue weighted by Gasteiger charge is 2.22. The number of para-hydroxylation sites is 3. The topological polar surface area (TPSA) is 101 Å². The van der Waals surface area contributed by atoms with Gasteiger partial charge in [-0.1, -0.05) is 47.5 Å². The van der Waals surface area contributed by atoms with E-state index in [0.717, 1.165) is 0 Å². The Labute approximate surface area is 204 Å². The number of amides is 3. The molecule has 0 atom stereocenters. The molecular weight excluding hydrogens is 479 g/mol. The zero-order valence-corrected chi connectivity index (χ0v) is 19.3. The average molecular weight is 497 g/mol. The summed E-state index contributed by atoms with van der Waals surface area (Å²) in [6.07, 6.45) is 0. The lowest BCUT2D eigenvalue weighted by Gasteiger charge is -2.14. The number of hydrogen-bond donors (Lipinski definition) is 3. The van der Waals surface area contributed by atoms with E-state index < -0.39 is 17.7 Å². The number of anilines is 2. The van der Waals surface area contributed by atoms with Crippen molar-refractivity contribution in [2.75, 3.05) is 23.2 Å². The Morgan fingerprint density at radius 1 is 0.824 bits per heavy atom. The van der Waals surface area contributed by atoms with E-state index in [0.29, 0.717) is 38.1 Å². The van der Waals surface area contributed by atoms with Crippen LogP contribution in [0.5, 0.6) is 5.75 Å². The summed E-state index contributed by atoms with van der Waals surface area (Å²) in [6.45, 7) is 0. The first-order valence-electron chi connectivity index (χ1n) is 9.99. The van der Waals surface area contributed by atoms with Crippen LogP contribution in [0.2, 0.25) is 10.0 Å². The third kappa shape index (κ3) is 4.83. The standard InChI is InChI=1S/C24H18Cl2N4O4/c1-34-21-9-5-4-8-18(21)28-23(32)24(33)29-30-19-11-10-15(25)12-14(19)13-20(30)22(31)27-17-7-3-2-6-16(17)26/h2-13H,1H3,(H,27,31)(H,28,32)(H,29,33). The summed E-state index contributed by atoms with van der Waals surface area (Å²) >= 11 is 12.2. The van der Waals surface area contributed by atoms with Crippen molar-refractivity contribution in [3.05, 3.63) is 88.5 Å². The number of carbonyl (C=O) groups is 3. The molecule has 4 rings (SSSR count). The van der Waals surface area contributed by atoms with Gasteiger partial charge in [0.1, 0.15) is 11.4 Å². The van der Waals surface area contributed by atoms with Crippen LogP contribution in [-0.2, 0) is 9.59 Å². The second-order valence-electron chi connectivity index (χ2n) is 7.10. The minimum Gasteiger partial charge on any atom is -0.495 e. The van der Waals surface area contributed by atoms with Gasteiger partial charge in [-0.15, -0.1) is 0 Å². The van der Waals surface area contributed by atoms with Gasteiger partial charge in [0.05, 0.1) is 29.0 Å². The van der Waals surface area contributed by atoms with Crippen LogP contribution in [-0.4, -0.2) is 29.5 Å². The van der Waals surface area contributed by atoms with E-state index in [-0.39, 0.29) is 5.69 Å². The molecule has 1 heterocycles. The number of nitrogens with zero attached hydrogens (tertiary/aromatic N) is 1. The van der Waals surface area contributed by atoms with Crippen LogP contribution < -0.4 is 20.8 Å². The summed E-state index contributed by atoms with van der Waals surface area (Å²) in [5.74, 6) is -2.10. The normalized spacial score (nSPS) is 10.6. The van der Waals surface area contributed by atoms with E-state index in [4.69, 9.17) is 27.9 Å². The maximum absolute atomic E-state index is 13.1. The monoisotopic (exact) mass is 496 g/mol. The molecular formula is C24H18Cl2N4O4. The fourth-order valence-corrected chi connectivity index (χ4v) is 3.67. The minimum absolute atomic E-state index is 0.0654. The van der Waals surface area contributed by atoms with Crippen LogP contribution in [0.1, 0.15) is 10.5 Å². The van der Waals surface area contributed by atoms with Gasteiger partial charge in [-0.2, -0.15) is 0 Å². The fraction of sp³-hybridized carbons (Fsp3) is 0.0417. The molecule has 3 amide bonds. The molecule has 1 aromatic heterocycles. The first-order chi connectivity index (χ1) is 16.4. The largest absolute Gasteiger partial charge is 0.495 e. The van der Waals surface area contributed by atoms with Gasteiger partial charge in [0.25, 0.3) is 5.91 Å².